The van der Waals surface area contributed by atoms with Crippen LogP contribution in [0.3, 0.4) is 0 Å². The predicted octanol–water partition coefficient (Wildman–Crippen LogP) is 2.17. The van der Waals surface area contributed by atoms with Crippen molar-refractivity contribution >= 4 is 11.6 Å². The number of aliphatic hydroxyl groups excluding tert-OH is 2. The van der Waals surface area contributed by atoms with E-state index in [-0.39, 0.29) is 12.0 Å². The number of hydrogen-bond acceptors (Lipinski definition) is 5. The highest BCUT2D eigenvalue weighted by molar-refractivity contribution is 6.25. The van der Waals surface area contributed by atoms with Crippen molar-refractivity contribution in [1.82, 2.24) is 0 Å². The molecule has 0 spiro atoms. The lowest BCUT2D eigenvalue weighted by Gasteiger charge is -2.28. The van der Waals surface area contributed by atoms with E-state index in [0.29, 0.717) is 6.42 Å². The fraction of sp³-hybridized carbons (Fsp3) is 0.294. The molecular weight excluding hydrogens is 284 g/mol. The summed E-state index contributed by atoms with van der Waals surface area (Å²) in [6, 6.07) is 9.27. The van der Waals surface area contributed by atoms with Gasteiger partial charge in [0.05, 0.1) is 0 Å². The quantitative estimate of drug-likeness (QED) is 0.741. The lowest BCUT2D eigenvalue weighted by molar-refractivity contribution is -0.133. The summed E-state index contributed by atoms with van der Waals surface area (Å²) in [6.45, 7) is 2.45. The van der Waals surface area contributed by atoms with Gasteiger partial charge in [0.1, 0.15) is 17.1 Å². The maximum Gasteiger partial charge on any atom is 0.209 e. The van der Waals surface area contributed by atoms with Gasteiger partial charge >= 0.3 is 0 Å². The fourth-order valence-electron chi connectivity index (χ4n) is 2.41. The van der Waals surface area contributed by atoms with E-state index >= 15 is 0 Å². The first-order valence-corrected chi connectivity index (χ1v) is 6.95. The van der Waals surface area contributed by atoms with Crippen LogP contribution in [0, 0.1) is 0 Å². The number of benzene rings is 1. The largest absolute Gasteiger partial charge is 0.508 e. The second-order valence-corrected chi connectivity index (χ2v) is 5.51. The summed E-state index contributed by atoms with van der Waals surface area (Å²) < 4.78 is 0. The van der Waals surface area contributed by atoms with Crippen LogP contribution in [0.4, 0.5) is 0 Å². The Hall–Kier alpha value is -2.40. The van der Waals surface area contributed by atoms with Crippen LogP contribution in [0.1, 0.15) is 25.8 Å². The number of carbonyl (C=O) groups excluding carboxylic acids is 2. The first kappa shape index (κ1) is 16.0. The first-order chi connectivity index (χ1) is 10.3. The smallest absolute Gasteiger partial charge is 0.209 e. The van der Waals surface area contributed by atoms with Crippen LogP contribution >= 0.6 is 0 Å². The van der Waals surface area contributed by atoms with Crippen LogP contribution < -0.4 is 0 Å². The second-order valence-electron chi connectivity index (χ2n) is 5.51. The molecule has 5 nitrogen and oxygen atoms in total. The molecule has 1 aliphatic carbocycles. The molecule has 0 fully saturated rings. The molecule has 22 heavy (non-hydrogen) atoms. The Morgan fingerprint density at radius 3 is 2.36 bits per heavy atom. The molecule has 0 unspecified atom stereocenters. The minimum Gasteiger partial charge on any atom is -0.508 e. The van der Waals surface area contributed by atoms with E-state index in [2.05, 4.69) is 0 Å². The van der Waals surface area contributed by atoms with Gasteiger partial charge in [-0.1, -0.05) is 30.3 Å². The molecule has 0 aromatic heterocycles. The standard InChI is InChI=1S/C17H18O5/c1-10-14(19)13(16(21)17(2,22)15(10)20)12(18)9-8-11-6-4-3-5-7-11/h3-7,19-20,22H,8-9H2,1-2H3/t17-/m0/s1. The van der Waals surface area contributed by atoms with Gasteiger partial charge < -0.3 is 15.3 Å². The van der Waals surface area contributed by atoms with Crippen molar-refractivity contribution in [2.45, 2.75) is 32.3 Å². The van der Waals surface area contributed by atoms with Crippen LogP contribution in [-0.4, -0.2) is 32.5 Å². The highest BCUT2D eigenvalue weighted by atomic mass is 16.3. The third kappa shape index (κ3) is 2.67. The molecule has 0 heterocycles. The van der Waals surface area contributed by atoms with E-state index in [0.717, 1.165) is 12.5 Å². The van der Waals surface area contributed by atoms with Crippen LogP contribution in [0.5, 0.6) is 0 Å². The van der Waals surface area contributed by atoms with Gasteiger partial charge in [0.15, 0.2) is 11.4 Å². The van der Waals surface area contributed by atoms with Gasteiger partial charge in [0.2, 0.25) is 5.78 Å². The van der Waals surface area contributed by atoms with Gasteiger partial charge in [0, 0.05) is 12.0 Å². The minimum absolute atomic E-state index is 0.0271. The predicted molar refractivity (Wildman–Crippen MR) is 80.4 cm³/mol. The van der Waals surface area contributed by atoms with Gasteiger partial charge in [-0.15, -0.1) is 0 Å². The average Bonchev–Trinajstić information content (AvgIpc) is 2.51. The number of Topliss-reactive ketones (excluding diaryl/α,β-unsaturated/α-hetero) is 2. The van der Waals surface area contributed by atoms with Crippen molar-refractivity contribution in [3.05, 3.63) is 58.6 Å². The normalized spacial score (nSPS) is 22.2. The molecule has 3 N–H and O–H groups in total. The molecule has 0 radical (unpaired) electrons. The topological polar surface area (TPSA) is 94.8 Å². The lowest BCUT2D eigenvalue weighted by atomic mass is 9.81. The molecule has 1 aromatic rings. The lowest BCUT2D eigenvalue weighted by Crippen LogP contribution is -2.44. The van der Waals surface area contributed by atoms with Crippen molar-refractivity contribution in [2.24, 2.45) is 0 Å². The SMILES string of the molecule is CC1=C(O)[C@](C)(O)C(=O)C(C(=O)CCc2ccccc2)=C1O. The third-order valence-electron chi connectivity index (χ3n) is 3.84. The Morgan fingerprint density at radius 2 is 1.77 bits per heavy atom. The summed E-state index contributed by atoms with van der Waals surface area (Å²) in [5.74, 6) is -2.73. The number of allylic oxidation sites excluding steroid dienone is 1. The molecule has 0 amide bonds. The highest BCUT2D eigenvalue weighted by Gasteiger charge is 2.45. The Labute approximate surface area is 128 Å². The highest BCUT2D eigenvalue weighted by Crippen LogP contribution is 2.33. The van der Waals surface area contributed by atoms with Crippen molar-refractivity contribution in [3.63, 3.8) is 0 Å². The van der Waals surface area contributed by atoms with Crippen molar-refractivity contribution in [1.29, 1.82) is 0 Å². The molecule has 0 aliphatic heterocycles. The number of ketones is 2. The maximum absolute atomic E-state index is 12.3. The average molecular weight is 302 g/mol. The number of hydrogen-bond donors (Lipinski definition) is 3. The molecule has 116 valence electrons. The molecule has 5 heteroatoms. The van der Waals surface area contributed by atoms with Crippen molar-refractivity contribution < 1.29 is 24.9 Å². The van der Waals surface area contributed by atoms with E-state index < -0.39 is 34.3 Å². The maximum atomic E-state index is 12.3. The molecule has 1 aromatic carbocycles. The molecule has 2 rings (SSSR count). The van der Waals surface area contributed by atoms with Crippen LogP contribution in [0.25, 0.3) is 0 Å². The van der Waals surface area contributed by atoms with Gasteiger partial charge in [-0.25, -0.2) is 0 Å². The number of carbonyl (C=O) groups is 2. The summed E-state index contributed by atoms with van der Waals surface area (Å²) in [4.78, 5) is 24.5. The van der Waals surface area contributed by atoms with Crippen molar-refractivity contribution in [3.8, 4) is 0 Å². The molecule has 0 saturated heterocycles. The summed E-state index contributed by atoms with van der Waals surface area (Å²) in [5, 5.41) is 29.8. The van der Waals surface area contributed by atoms with Gasteiger partial charge in [-0.3, -0.25) is 9.59 Å². The Morgan fingerprint density at radius 1 is 1.18 bits per heavy atom. The van der Waals surface area contributed by atoms with E-state index in [4.69, 9.17) is 0 Å². The van der Waals surface area contributed by atoms with E-state index in [1.165, 1.54) is 6.92 Å². The van der Waals surface area contributed by atoms with E-state index in [9.17, 15) is 24.9 Å². The van der Waals surface area contributed by atoms with Gasteiger partial charge in [-0.05, 0) is 25.8 Å². The van der Waals surface area contributed by atoms with E-state index in [1.54, 1.807) is 0 Å². The molecule has 1 aliphatic rings. The van der Waals surface area contributed by atoms with Crippen LogP contribution in [-0.2, 0) is 16.0 Å². The van der Waals surface area contributed by atoms with E-state index in [1.807, 2.05) is 30.3 Å². The first-order valence-electron chi connectivity index (χ1n) is 6.95. The van der Waals surface area contributed by atoms with Gasteiger partial charge in [0.25, 0.3) is 0 Å². The van der Waals surface area contributed by atoms with Crippen LogP contribution in [0.2, 0.25) is 0 Å². The summed E-state index contributed by atoms with van der Waals surface area (Å²) in [7, 11) is 0. The number of aryl methyl sites for hydroxylation is 1. The van der Waals surface area contributed by atoms with Crippen LogP contribution in [0.15, 0.2) is 53.0 Å². The second kappa shape index (κ2) is 5.77. The summed E-state index contributed by atoms with van der Waals surface area (Å²) >= 11 is 0. The Bertz CT molecular complexity index is 680. The van der Waals surface area contributed by atoms with Crippen molar-refractivity contribution in [2.75, 3.05) is 0 Å². The number of rotatable bonds is 4. The molecule has 1 atom stereocenters. The monoisotopic (exact) mass is 302 g/mol. The molecule has 0 bridgehead atoms. The fourth-order valence-corrected chi connectivity index (χ4v) is 2.41. The summed E-state index contributed by atoms with van der Waals surface area (Å²) in [5.41, 5.74) is -1.77. The summed E-state index contributed by atoms with van der Waals surface area (Å²) in [6.07, 6.45) is 0.444. The zero-order valence-corrected chi connectivity index (χ0v) is 12.5. The number of aliphatic hydroxyl groups is 3. The Balaban J connectivity index is 2.26. The zero-order chi connectivity index (χ0) is 16.5. The molecular formula is C17H18O5. The minimum atomic E-state index is -2.19. The van der Waals surface area contributed by atoms with Gasteiger partial charge in [-0.2, -0.15) is 0 Å². The third-order valence-corrected chi connectivity index (χ3v) is 3.84. The zero-order valence-electron chi connectivity index (χ0n) is 12.5. The molecule has 0 saturated carbocycles. The Kier molecular flexibility index (Phi) is 4.19.